The molecule has 0 saturated heterocycles. The molecule has 0 spiro atoms. The van der Waals surface area contributed by atoms with E-state index < -0.39 is 5.54 Å². The first-order chi connectivity index (χ1) is 10.1. The molecule has 2 aliphatic rings. The van der Waals surface area contributed by atoms with Crippen molar-refractivity contribution in [2.45, 2.75) is 70.4 Å². The lowest BCUT2D eigenvalue weighted by atomic mass is 9.83. The molecule has 1 N–H and O–H groups in total. The number of nitrogens with zero attached hydrogens (tertiary/aromatic N) is 1. The average molecular weight is 296 g/mol. The van der Waals surface area contributed by atoms with E-state index in [4.69, 9.17) is 4.74 Å². The van der Waals surface area contributed by atoms with Gasteiger partial charge in [-0.2, -0.15) is 0 Å². The van der Waals surface area contributed by atoms with Crippen LogP contribution in [0.2, 0.25) is 0 Å². The van der Waals surface area contributed by atoms with Crippen molar-refractivity contribution in [1.82, 2.24) is 10.2 Å². The van der Waals surface area contributed by atoms with E-state index in [2.05, 4.69) is 24.2 Å². The highest BCUT2D eigenvalue weighted by molar-refractivity contribution is 5.81. The van der Waals surface area contributed by atoms with E-state index in [-0.39, 0.29) is 5.97 Å². The zero-order chi connectivity index (χ0) is 15.3. The smallest absolute Gasteiger partial charge is 0.326 e. The summed E-state index contributed by atoms with van der Waals surface area (Å²) in [7, 11) is 2.23. The number of hydrogen-bond acceptors (Lipinski definition) is 4. The second-order valence-electron chi connectivity index (χ2n) is 6.67. The Morgan fingerprint density at radius 3 is 2.62 bits per heavy atom. The van der Waals surface area contributed by atoms with Gasteiger partial charge in [-0.05, 0) is 65.1 Å². The van der Waals surface area contributed by atoms with Gasteiger partial charge in [-0.3, -0.25) is 4.79 Å². The second kappa shape index (κ2) is 7.59. The third-order valence-electron chi connectivity index (χ3n) is 5.48. The molecule has 2 saturated carbocycles. The lowest BCUT2D eigenvalue weighted by Crippen LogP contribution is -2.56. The standard InChI is InChI=1S/C17H32N2O2/c1-4-18-17(16(20)21-5-2)12-7-8-14(17)11-13-19(3)15-9-6-10-15/h14-15,18H,4-13H2,1-3H3. The zero-order valence-electron chi connectivity index (χ0n) is 14.0. The van der Waals surface area contributed by atoms with Crippen LogP contribution in [0, 0.1) is 5.92 Å². The number of rotatable bonds is 8. The molecular weight excluding hydrogens is 264 g/mol. The first-order valence-corrected chi connectivity index (χ1v) is 8.76. The number of likely N-dealkylation sites (N-methyl/N-ethyl adjacent to an activating group) is 1. The van der Waals surface area contributed by atoms with Crippen LogP contribution in [0.1, 0.15) is 58.8 Å². The highest BCUT2D eigenvalue weighted by Crippen LogP contribution is 2.39. The summed E-state index contributed by atoms with van der Waals surface area (Å²) in [4.78, 5) is 15.0. The number of carbonyl (C=O) groups excluding carboxylic acids is 1. The van der Waals surface area contributed by atoms with E-state index >= 15 is 0 Å². The Kier molecular flexibility index (Phi) is 6.06. The molecule has 0 aromatic heterocycles. The summed E-state index contributed by atoms with van der Waals surface area (Å²) in [6.07, 6.45) is 8.36. The van der Waals surface area contributed by atoms with E-state index in [9.17, 15) is 4.79 Å². The molecule has 122 valence electrons. The van der Waals surface area contributed by atoms with E-state index in [1.165, 1.54) is 19.3 Å². The number of ether oxygens (including phenoxy) is 1. The predicted octanol–water partition coefficient (Wildman–Crippen LogP) is 2.57. The predicted molar refractivity (Wildman–Crippen MR) is 85.3 cm³/mol. The Bertz CT molecular complexity index is 344. The summed E-state index contributed by atoms with van der Waals surface area (Å²) < 4.78 is 5.38. The Balaban J connectivity index is 1.95. The molecule has 2 unspecified atom stereocenters. The fourth-order valence-electron chi connectivity index (χ4n) is 3.99. The quantitative estimate of drug-likeness (QED) is 0.699. The zero-order valence-corrected chi connectivity index (χ0v) is 14.0. The monoisotopic (exact) mass is 296 g/mol. The number of carbonyl (C=O) groups is 1. The Morgan fingerprint density at radius 2 is 2.05 bits per heavy atom. The summed E-state index contributed by atoms with van der Waals surface area (Å²) in [6, 6.07) is 0.780. The lowest BCUT2D eigenvalue weighted by molar-refractivity contribution is -0.153. The molecule has 0 bridgehead atoms. The minimum atomic E-state index is -0.425. The molecule has 21 heavy (non-hydrogen) atoms. The van der Waals surface area contributed by atoms with Crippen LogP contribution in [0.5, 0.6) is 0 Å². The number of hydrogen-bond donors (Lipinski definition) is 1. The lowest BCUT2D eigenvalue weighted by Gasteiger charge is -2.38. The minimum absolute atomic E-state index is 0.0272. The number of esters is 1. The van der Waals surface area contributed by atoms with Crippen molar-refractivity contribution in [3.63, 3.8) is 0 Å². The molecule has 0 amide bonds. The molecule has 0 heterocycles. The fraction of sp³-hybridized carbons (Fsp3) is 0.941. The largest absolute Gasteiger partial charge is 0.465 e. The van der Waals surface area contributed by atoms with Crippen molar-refractivity contribution < 1.29 is 9.53 Å². The van der Waals surface area contributed by atoms with Gasteiger partial charge in [0.1, 0.15) is 5.54 Å². The van der Waals surface area contributed by atoms with E-state index in [0.717, 1.165) is 44.8 Å². The average Bonchev–Trinajstić information content (AvgIpc) is 2.79. The van der Waals surface area contributed by atoms with E-state index in [1.54, 1.807) is 0 Å². The van der Waals surface area contributed by atoms with Crippen LogP contribution in [0.4, 0.5) is 0 Å². The third-order valence-corrected chi connectivity index (χ3v) is 5.48. The molecule has 2 atom stereocenters. The van der Waals surface area contributed by atoms with Gasteiger partial charge in [-0.1, -0.05) is 19.8 Å². The molecule has 0 radical (unpaired) electrons. The third kappa shape index (κ3) is 3.59. The van der Waals surface area contributed by atoms with Crippen LogP contribution in [0.15, 0.2) is 0 Å². The minimum Gasteiger partial charge on any atom is -0.465 e. The van der Waals surface area contributed by atoms with Crippen LogP contribution in [0.25, 0.3) is 0 Å². The SMILES string of the molecule is CCNC1(C(=O)OCC)CCCC1CCN(C)C1CCC1. The molecule has 2 rings (SSSR count). The molecule has 4 heteroatoms. The van der Waals surface area contributed by atoms with Gasteiger partial charge >= 0.3 is 5.97 Å². The second-order valence-corrected chi connectivity index (χ2v) is 6.67. The molecule has 4 nitrogen and oxygen atoms in total. The molecular formula is C17H32N2O2. The first kappa shape index (κ1) is 16.8. The fourth-order valence-corrected chi connectivity index (χ4v) is 3.99. The van der Waals surface area contributed by atoms with Gasteiger partial charge in [0, 0.05) is 6.04 Å². The van der Waals surface area contributed by atoms with Gasteiger partial charge in [0.05, 0.1) is 6.61 Å². The van der Waals surface area contributed by atoms with E-state index in [0.29, 0.717) is 12.5 Å². The maximum absolute atomic E-state index is 12.5. The maximum Gasteiger partial charge on any atom is 0.326 e. The van der Waals surface area contributed by atoms with Crippen LogP contribution in [-0.2, 0) is 9.53 Å². The van der Waals surface area contributed by atoms with E-state index in [1.807, 2.05) is 6.92 Å². The van der Waals surface area contributed by atoms with Crippen LogP contribution in [-0.4, -0.2) is 49.2 Å². The first-order valence-electron chi connectivity index (χ1n) is 8.76. The Hall–Kier alpha value is -0.610. The topological polar surface area (TPSA) is 41.6 Å². The Labute approximate surface area is 129 Å². The van der Waals surface area contributed by atoms with Crippen molar-refractivity contribution in [1.29, 1.82) is 0 Å². The van der Waals surface area contributed by atoms with Crippen molar-refractivity contribution in [3.8, 4) is 0 Å². The van der Waals surface area contributed by atoms with Crippen LogP contribution < -0.4 is 5.32 Å². The summed E-state index contributed by atoms with van der Waals surface area (Å²) in [5.41, 5.74) is -0.425. The summed E-state index contributed by atoms with van der Waals surface area (Å²) in [6.45, 7) is 6.37. The molecule has 2 aliphatic carbocycles. The van der Waals surface area contributed by atoms with Gasteiger partial charge in [-0.15, -0.1) is 0 Å². The van der Waals surface area contributed by atoms with Gasteiger partial charge in [0.2, 0.25) is 0 Å². The highest BCUT2D eigenvalue weighted by atomic mass is 16.5. The van der Waals surface area contributed by atoms with Crippen LogP contribution >= 0.6 is 0 Å². The van der Waals surface area contributed by atoms with Crippen molar-refractivity contribution in [3.05, 3.63) is 0 Å². The molecule has 0 aromatic rings. The summed E-state index contributed by atoms with van der Waals surface area (Å²) >= 11 is 0. The highest BCUT2D eigenvalue weighted by Gasteiger charge is 2.49. The Morgan fingerprint density at radius 1 is 1.29 bits per heavy atom. The molecule has 0 aromatic carbocycles. The maximum atomic E-state index is 12.5. The summed E-state index contributed by atoms with van der Waals surface area (Å²) in [5.74, 6) is 0.389. The van der Waals surface area contributed by atoms with Gasteiger partial charge in [0.25, 0.3) is 0 Å². The normalized spacial score (nSPS) is 29.6. The van der Waals surface area contributed by atoms with Gasteiger partial charge in [0.15, 0.2) is 0 Å². The van der Waals surface area contributed by atoms with Crippen molar-refractivity contribution in [2.24, 2.45) is 5.92 Å². The molecule has 2 fully saturated rings. The van der Waals surface area contributed by atoms with Gasteiger partial charge in [-0.25, -0.2) is 0 Å². The number of nitrogens with one attached hydrogen (secondary N) is 1. The van der Waals surface area contributed by atoms with Crippen molar-refractivity contribution >= 4 is 5.97 Å². The van der Waals surface area contributed by atoms with Gasteiger partial charge < -0.3 is 15.0 Å². The van der Waals surface area contributed by atoms with Crippen molar-refractivity contribution in [2.75, 3.05) is 26.7 Å². The van der Waals surface area contributed by atoms with Crippen LogP contribution in [0.3, 0.4) is 0 Å². The molecule has 0 aliphatic heterocycles. The summed E-state index contributed by atoms with van der Waals surface area (Å²) in [5, 5.41) is 3.48.